The lowest BCUT2D eigenvalue weighted by molar-refractivity contribution is 0.0952. The van der Waals surface area contributed by atoms with Crippen LogP contribution in [0, 0.1) is 13.8 Å². The average molecular weight is 462 g/mol. The Morgan fingerprint density at radius 1 is 0.882 bits per heavy atom. The van der Waals surface area contributed by atoms with Crippen LogP contribution in [0.15, 0.2) is 42.5 Å². The van der Waals surface area contributed by atoms with Gasteiger partial charge in [-0.15, -0.1) is 0 Å². The van der Waals surface area contributed by atoms with Gasteiger partial charge in [0.05, 0.1) is 11.0 Å². The van der Waals surface area contributed by atoms with Gasteiger partial charge < -0.3 is 9.88 Å². The Morgan fingerprint density at radius 3 is 2.41 bits per heavy atom. The highest BCUT2D eigenvalue weighted by Gasteiger charge is 2.11. The molecule has 3 rings (SSSR count). The summed E-state index contributed by atoms with van der Waals surface area (Å²) in [5.74, 6) is 1.25. The fourth-order valence-electron chi connectivity index (χ4n) is 4.74. The maximum Gasteiger partial charge on any atom is 0.251 e. The molecule has 4 heteroatoms. The molecule has 184 valence electrons. The summed E-state index contributed by atoms with van der Waals surface area (Å²) >= 11 is 0. The molecule has 0 aliphatic rings. The summed E-state index contributed by atoms with van der Waals surface area (Å²) < 4.78 is 2.45. The Morgan fingerprint density at radius 2 is 1.62 bits per heavy atom. The fraction of sp³-hybridized carbons (Fsp3) is 0.533. The lowest BCUT2D eigenvalue weighted by Crippen LogP contribution is -2.25. The Hall–Kier alpha value is -2.62. The van der Waals surface area contributed by atoms with Gasteiger partial charge in [0.25, 0.3) is 5.91 Å². The van der Waals surface area contributed by atoms with Crippen LogP contribution in [-0.2, 0) is 13.0 Å². The Balaban J connectivity index is 1.42. The third kappa shape index (κ3) is 7.72. The highest BCUT2D eigenvalue weighted by Crippen LogP contribution is 2.19. The second kappa shape index (κ2) is 13.9. The average Bonchev–Trinajstić information content (AvgIpc) is 3.18. The van der Waals surface area contributed by atoms with Crippen LogP contribution in [-0.4, -0.2) is 22.0 Å². The molecule has 0 fully saturated rings. The minimum Gasteiger partial charge on any atom is -0.352 e. The smallest absolute Gasteiger partial charge is 0.251 e. The summed E-state index contributed by atoms with van der Waals surface area (Å²) in [4.78, 5) is 17.4. The van der Waals surface area contributed by atoms with Gasteiger partial charge >= 0.3 is 0 Å². The molecule has 34 heavy (non-hydrogen) atoms. The predicted molar refractivity (Wildman–Crippen MR) is 144 cm³/mol. The summed E-state index contributed by atoms with van der Waals surface area (Å²) in [6, 6.07) is 14.5. The highest BCUT2D eigenvalue weighted by molar-refractivity contribution is 5.95. The number of aryl methyl sites for hydroxylation is 4. The van der Waals surface area contributed by atoms with Gasteiger partial charge in [-0.25, -0.2) is 4.98 Å². The molecule has 1 N–H and O–H groups in total. The van der Waals surface area contributed by atoms with Crippen LogP contribution in [0.3, 0.4) is 0 Å². The number of hydrogen-bond acceptors (Lipinski definition) is 2. The summed E-state index contributed by atoms with van der Waals surface area (Å²) in [6.45, 7) is 8.11. The van der Waals surface area contributed by atoms with Crippen molar-refractivity contribution >= 4 is 16.9 Å². The predicted octanol–water partition coefficient (Wildman–Crippen LogP) is 7.55. The van der Waals surface area contributed by atoms with E-state index in [-0.39, 0.29) is 5.91 Å². The third-order valence-corrected chi connectivity index (χ3v) is 6.71. The first-order valence-corrected chi connectivity index (χ1v) is 13.4. The zero-order chi connectivity index (χ0) is 24.2. The molecular weight excluding hydrogens is 418 g/mol. The fourth-order valence-corrected chi connectivity index (χ4v) is 4.74. The first-order valence-electron chi connectivity index (χ1n) is 13.4. The topological polar surface area (TPSA) is 46.9 Å². The van der Waals surface area contributed by atoms with Gasteiger partial charge in [-0.05, 0) is 56.9 Å². The molecule has 0 unspecified atom stereocenters. The molecule has 0 aliphatic heterocycles. The second-order valence-corrected chi connectivity index (χ2v) is 9.67. The number of carbonyl (C=O) groups excluding carboxylic acids is 1. The van der Waals surface area contributed by atoms with Gasteiger partial charge in [0, 0.05) is 25.1 Å². The van der Waals surface area contributed by atoms with Crippen molar-refractivity contribution in [2.45, 2.75) is 97.9 Å². The molecule has 0 saturated carbocycles. The van der Waals surface area contributed by atoms with E-state index >= 15 is 0 Å². The maximum atomic E-state index is 12.4. The molecule has 1 aromatic heterocycles. The van der Waals surface area contributed by atoms with Crippen molar-refractivity contribution in [1.82, 2.24) is 14.9 Å². The maximum absolute atomic E-state index is 12.4. The van der Waals surface area contributed by atoms with Gasteiger partial charge in [-0.3, -0.25) is 4.79 Å². The Kier molecular flexibility index (Phi) is 10.7. The molecule has 2 aromatic carbocycles. The van der Waals surface area contributed by atoms with E-state index < -0.39 is 0 Å². The van der Waals surface area contributed by atoms with E-state index in [1.165, 1.54) is 61.9 Å². The molecule has 0 atom stereocenters. The summed E-state index contributed by atoms with van der Waals surface area (Å²) in [5.41, 5.74) is 5.39. The molecule has 0 bridgehead atoms. The lowest BCUT2D eigenvalue weighted by atomic mass is 10.1. The number of imidazole rings is 1. The van der Waals surface area contributed by atoms with Crippen LogP contribution >= 0.6 is 0 Å². The van der Waals surface area contributed by atoms with E-state index in [2.05, 4.69) is 54.1 Å². The van der Waals surface area contributed by atoms with Crippen LogP contribution in [0.4, 0.5) is 0 Å². The SMILES string of the molecule is CCCCCCCCCn1c(CCCCCNC(=O)c2ccc(C)cc2C)nc2ccccc21. The van der Waals surface area contributed by atoms with Crippen molar-refractivity contribution < 1.29 is 4.79 Å². The number of unbranched alkanes of at least 4 members (excludes halogenated alkanes) is 8. The molecular formula is C30H43N3O. The van der Waals surface area contributed by atoms with Crippen molar-refractivity contribution in [2.24, 2.45) is 0 Å². The molecule has 0 aliphatic carbocycles. The normalized spacial score (nSPS) is 11.3. The lowest BCUT2D eigenvalue weighted by Gasteiger charge is -2.10. The molecule has 0 radical (unpaired) electrons. The summed E-state index contributed by atoms with van der Waals surface area (Å²) in [7, 11) is 0. The van der Waals surface area contributed by atoms with Gasteiger partial charge in [0.15, 0.2) is 0 Å². The number of aromatic nitrogens is 2. The van der Waals surface area contributed by atoms with E-state index in [0.29, 0.717) is 0 Å². The minimum absolute atomic E-state index is 0.0361. The number of para-hydroxylation sites is 2. The summed E-state index contributed by atoms with van der Waals surface area (Å²) in [6.07, 6.45) is 13.5. The largest absolute Gasteiger partial charge is 0.352 e. The summed E-state index contributed by atoms with van der Waals surface area (Å²) in [5, 5.41) is 3.08. The van der Waals surface area contributed by atoms with Gasteiger partial charge in [0.2, 0.25) is 0 Å². The van der Waals surface area contributed by atoms with E-state index in [0.717, 1.165) is 55.4 Å². The number of amides is 1. The van der Waals surface area contributed by atoms with E-state index in [4.69, 9.17) is 4.98 Å². The number of hydrogen-bond donors (Lipinski definition) is 1. The van der Waals surface area contributed by atoms with E-state index in [1.807, 2.05) is 19.1 Å². The Labute approximate surface area is 206 Å². The highest BCUT2D eigenvalue weighted by atomic mass is 16.1. The number of rotatable bonds is 15. The van der Waals surface area contributed by atoms with E-state index in [1.54, 1.807) is 0 Å². The zero-order valence-electron chi connectivity index (χ0n) is 21.5. The molecule has 1 heterocycles. The standard InChI is InChI=1S/C30H43N3O/c1-4-5-6-7-8-9-15-22-33-28-17-13-12-16-27(28)32-29(33)18-11-10-14-21-31-30(34)26-20-19-24(2)23-25(26)3/h12-13,16-17,19-20,23H,4-11,14-15,18,21-22H2,1-3H3,(H,31,34). The molecule has 0 spiro atoms. The van der Waals surface area contributed by atoms with Crippen molar-refractivity contribution in [2.75, 3.05) is 6.54 Å². The van der Waals surface area contributed by atoms with Crippen LogP contribution in [0.25, 0.3) is 11.0 Å². The van der Waals surface area contributed by atoms with Crippen LogP contribution in [0.1, 0.15) is 98.4 Å². The van der Waals surface area contributed by atoms with Crippen LogP contribution in [0.5, 0.6) is 0 Å². The van der Waals surface area contributed by atoms with Gasteiger partial charge in [-0.2, -0.15) is 0 Å². The monoisotopic (exact) mass is 461 g/mol. The van der Waals surface area contributed by atoms with E-state index in [9.17, 15) is 4.79 Å². The van der Waals surface area contributed by atoms with Crippen molar-refractivity contribution in [3.8, 4) is 0 Å². The quantitative estimate of drug-likeness (QED) is 0.238. The Bertz CT molecular complexity index is 1040. The number of nitrogens with one attached hydrogen (secondary N) is 1. The zero-order valence-corrected chi connectivity index (χ0v) is 21.5. The van der Waals surface area contributed by atoms with Crippen LogP contribution < -0.4 is 5.32 Å². The first-order chi connectivity index (χ1) is 16.6. The molecule has 0 saturated heterocycles. The van der Waals surface area contributed by atoms with Crippen molar-refractivity contribution in [3.63, 3.8) is 0 Å². The van der Waals surface area contributed by atoms with Gasteiger partial charge in [0.1, 0.15) is 5.82 Å². The van der Waals surface area contributed by atoms with Crippen LogP contribution in [0.2, 0.25) is 0 Å². The van der Waals surface area contributed by atoms with Gasteiger partial charge in [-0.1, -0.05) is 81.7 Å². The number of carbonyl (C=O) groups is 1. The number of benzene rings is 2. The second-order valence-electron chi connectivity index (χ2n) is 9.67. The first kappa shape index (κ1) is 26.0. The van der Waals surface area contributed by atoms with Crippen molar-refractivity contribution in [1.29, 1.82) is 0 Å². The number of fused-ring (bicyclic) bond motifs is 1. The molecule has 4 nitrogen and oxygen atoms in total. The van der Waals surface area contributed by atoms with Crippen molar-refractivity contribution in [3.05, 3.63) is 65.0 Å². The molecule has 3 aromatic rings. The third-order valence-electron chi connectivity index (χ3n) is 6.71. The molecule has 1 amide bonds. The number of nitrogens with zero attached hydrogens (tertiary/aromatic N) is 2. The minimum atomic E-state index is 0.0361.